The Kier molecular flexibility index (Phi) is 2.67. The molecule has 2 N–H and O–H groups in total. The van der Waals surface area contributed by atoms with Gasteiger partial charge in [-0.25, -0.2) is 0 Å². The van der Waals surface area contributed by atoms with Gasteiger partial charge in [-0.1, -0.05) is 8.28 Å². The van der Waals surface area contributed by atoms with Crippen molar-refractivity contribution < 1.29 is 17.4 Å². The van der Waals surface area contributed by atoms with Crippen LogP contribution in [0, 0.1) is 27.9 Å². The maximum absolute atomic E-state index is 12.1. The van der Waals surface area contributed by atoms with E-state index in [4.69, 9.17) is 10.5 Å². The molecule has 0 bridgehead atoms. The fourth-order valence-corrected chi connectivity index (χ4v) is 1.18. The summed E-state index contributed by atoms with van der Waals surface area (Å²) in [5.41, 5.74) is -1.05. The highest BCUT2D eigenvalue weighted by atomic mass is 32.3. The summed E-state index contributed by atoms with van der Waals surface area (Å²) in [5, 5.41) is 28.8. The van der Waals surface area contributed by atoms with Gasteiger partial charge in [0.15, 0.2) is 11.8 Å². The Morgan fingerprint density at radius 1 is 1.47 bits per heavy atom. The molecular weight excluding hydrogens is 229 g/mol. The average molecular weight is 231 g/mol. The third-order valence-electron chi connectivity index (χ3n) is 1.36. The Morgan fingerprint density at radius 3 is 2.40 bits per heavy atom. The molecule has 0 saturated carbocycles. The largest absolute Gasteiger partial charge is 0.620 e. The van der Waals surface area contributed by atoms with Gasteiger partial charge < -0.3 is 5.21 Å². The van der Waals surface area contributed by atoms with E-state index in [9.17, 15) is 17.5 Å². The second kappa shape index (κ2) is 3.62. The zero-order valence-electron chi connectivity index (χ0n) is 6.85. The lowest BCUT2D eigenvalue weighted by Gasteiger charge is -2.11. The fourth-order valence-electron chi connectivity index (χ4n) is 0.833. The van der Waals surface area contributed by atoms with Crippen molar-refractivity contribution in [1.82, 2.24) is 5.32 Å². The molecule has 8 nitrogen and oxygen atoms in total. The minimum atomic E-state index is -5.24. The Morgan fingerprint density at radius 2 is 2.07 bits per heavy atom. The highest BCUT2D eigenvalue weighted by Crippen LogP contribution is 2.00. The second-order valence-electron chi connectivity index (χ2n) is 2.28. The molecule has 1 aliphatic heterocycles. The molecule has 0 radical (unpaired) electrons. The second-order valence-corrected chi connectivity index (χ2v) is 3.29. The van der Waals surface area contributed by atoms with E-state index in [-0.39, 0.29) is 0 Å². The smallest absolute Gasteiger partial charge is 0.424 e. The van der Waals surface area contributed by atoms with Crippen LogP contribution >= 0.6 is 0 Å². The Balaban J connectivity index is 3.17. The number of halogens is 1. The maximum Gasteiger partial charge on any atom is 0.424 e. The number of hydrogen-bond donors (Lipinski definition) is 2. The van der Waals surface area contributed by atoms with Crippen molar-refractivity contribution in [3.8, 4) is 12.1 Å². The van der Waals surface area contributed by atoms with E-state index in [1.54, 1.807) is 0 Å². The predicted octanol–water partition coefficient (Wildman–Crippen LogP) is -2.20. The minimum Gasteiger partial charge on any atom is -0.620 e. The van der Waals surface area contributed by atoms with Crippen LogP contribution in [0.5, 0.6) is 0 Å². The first-order chi connectivity index (χ1) is 6.89. The van der Waals surface area contributed by atoms with E-state index in [2.05, 4.69) is 4.40 Å². The lowest BCUT2D eigenvalue weighted by atomic mass is 10.4. The third kappa shape index (κ3) is 2.26. The summed E-state index contributed by atoms with van der Waals surface area (Å²) in [6.07, 6.45) is 0. The molecule has 0 fully saturated rings. The van der Waals surface area contributed by atoms with E-state index in [1.165, 1.54) is 12.1 Å². The summed E-state index contributed by atoms with van der Waals surface area (Å²) in [4.78, 5) is 0. The summed E-state index contributed by atoms with van der Waals surface area (Å²) in [7, 11) is -5.24. The Hall–Kier alpha value is -2.01. The number of hydroxylamine groups is 2. The van der Waals surface area contributed by atoms with Gasteiger partial charge in [0.25, 0.3) is 5.70 Å². The van der Waals surface area contributed by atoms with E-state index in [0.717, 1.165) is 0 Å². The van der Waals surface area contributed by atoms with Crippen LogP contribution in [-0.2, 0) is 10.4 Å². The van der Waals surface area contributed by atoms with E-state index >= 15 is 0 Å². The molecule has 78 valence electrons. The molecule has 0 amide bonds. The first-order valence-electron chi connectivity index (χ1n) is 3.30. The van der Waals surface area contributed by atoms with Crippen LogP contribution in [0.15, 0.2) is 15.8 Å². The first kappa shape index (κ1) is 11.1. The zero-order valence-corrected chi connectivity index (χ0v) is 7.67. The van der Waals surface area contributed by atoms with Gasteiger partial charge in [0, 0.05) is 0 Å². The van der Waals surface area contributed by atoms with Gasteiger partial charge in [-0.05, 0) is 0 Å². The van der Waals surface area contributed by atoms with Crippen LogP contribution in [0.3, 0.4) is 0 Å². The van der Waals surface area contributed by atoms with Crippen molar-refractivity contribution in [2.24, 2.45) is 4.40 Å². The molecule has 0 saturated heterocycles. The van der Waals surface area contributed by atoms with Crippen LogP contribution in [0.1, 0.15) is 0 Å². The van der Waals surface area contributed by atoms with Crippen molar-refractivity contribution in [2.75, 3.05) is 0 Å². The van der Waals surface area contributed by atoms with Crippen LogP contribution in [0.4, 0.5) is 3.89 Å². The lowest BCUT2D eigenvalue weighted by molar-refractivity contribution is -0.693. The predicted molar refractivity (Wildman–Crippen MR) is 43.2 cm³/mol. The summed E-state index contributed by atoms with van der Waals surface area (Å²) in [6.45, 7) is 0. The number of nitrogens with zero attached hydrogens (tertiary/aromatic N) is 3. The molecule has 0 aromatic carbocycles. The van der Waals surface area contributed by atoms with Gasteiger partial charge >= 0.3 is 16.4 Å². The number of guanidine groups is 1. The molecule has 0 aliphatic carbocycles. The number of quaternary nitrogens is 1. The van der Waals surface area contributed by atoms with Crippen molar-refractivity contribution in [2.45, 2.75) is 0 Å². The SMILES string of the molecule is N#CC1=C(C#N)[NH+]([O-])C(=NS(=O)(=O)F)N1. The zero-order chi connectivity index (χ0) is 11.6. The first-order valence-corrected chi connectivity index (χ1v) is 4.64. The van der Waals surface area contributed by atoms with Crippen LogP contribution in [0.2, 0.25) is 0 Å². The highest BCUT2D eigenvalue weighted by Gasteiger charge is 2.31. The van der Waals surface area contributed by atoms with Gasteiger partial charge in [0.1, 0.15) is 6.07 Å². The highest BCUT2D eigenvalue weighted by molar-refractivity contribution is 7.85. The number of hydrogen-bond acceptors (Lipinski definition) is 5. The number of allylic oxidation sites excluding steroid dienone is 2. The maximum atomic E-state index is 12.1. The van der Waals surface area contributed by atoms with Gasteiger partial charge in [-0.15, -0.1) is 0 Å². The normalized spacial score (nSPS) is 23.5. The van der Waals surface area contributed by atoms with Crippen molar-refractivity contribution in [3.63, 3.8) is 0 Å². The summed E-state index contributed by atoms with van der Waals surface area (Å²) in [5.74, 6) is -0.898. The monoisotopic (exact) mass is 231 g/mol. The summed E-state index contributed by atoms with van der Waals surface area (Å²) < 4.78 is 34.7. The van der Waals surface area contributed by atoms with Crippen molar-refractivity contribution in [3.05, 3.63) is 16.6 Å². The van der Waals surface area contributed by atoms with Crippen LogP contribution < -0.4 is 10.4 Å². The van der Waals surface area contributed by atoms with Gasteiger partial charge in [-0.2, -0.15) is 18.9 Å². The third-order valence-corrected chi connectivity index (χ3v) is 1.76. The van der Waals surface area contributed by atoms with Gasteiger partial charge in [0.2, 0.25) is 0 Å². The van der Waals surface area contributed by atoms with Crippen LogP contribution in [-0.4, -0.2) is 14.4 Å². The molecular formula is C5H2FN5O3S. The molecule has 0 aromatic rings. The molecule has 0 aromatic heterocycles. The molecule has 10 heteroatoms. The Bertz CT molecular complexity index is 536. The molecule has 1 rings (SSSR count). The lowest BCUT2D eigenvalue weighted by Crippen LogP contribution is -3.07. The molecule has 0 spiro atoms. The van der Waals surface area contributed by atoms with Gasteiger partial charge in [0.05, 0.1) is 0 Å². The average Bonchev–Trinajstić information content (AvgIpc) is 2.40. The van der Waals surface area contributed by atoms with Gasteiger partial charge in [-0.3, -0.25) is 10.4 Å². The standard InChI is InChI=1S/C5H2FN5O3S/c6-15(13,14)10-5-9-3(1-7)4(2-8)11(5)12/h11H,(H,9,10). The van der Waals surface area contributed by atoms with Crippen molar-refractivity contribution >= 4 is 16.4 Å². The topological polar surface area (TPSA) is 134 Å². The van der Waals surface area contributed by atoms with Crippen molar-refractivity contribution in [1.29, 1.82) is 10.5 Å². The summed E-state index contributed by atoms with van der Waals surface area (Å²) in [6, 6.07) is 2.82. The number of nitrogens with one attached hydrogen (secondary N) is 2. The minimum absolute atomic E-state index is 0.454. The number of rotatable bonds is 1. The molecule has 1 unspecified atom stereocenters. The number of nitriles is 2. The van der Waals surface area contributed by atoms with E-state index in [0.29, 0.717) is 0 Å². The molecule has 1 atom stereocenters. The summed E-state index contributed by atoms with van der Waals surface area (Å²) >= 11 is 0. The molecule has 1 aliphatic rings. The Labute approximate surface area is 83.5 Å². The van der Waals surface area contributed by atoms with Crippen LogP contribution in [0.25, 0.3) is 0 Å². The van der Waals surface area contributed by atoms with E-state index in [1.807, 2.05) is 5.32 Å². The van der Waals surface area contributed by atoms with E-state index < -0.39 is 32.8 Å². The fraction of sp³-hybridized carbons (Fsp3) is 0. The molecule has 15 heavy (non-hydrogen) atoms. The quantitative estimate of drug-likeness (QED) is 0.388. The molecule has 1 heterocycles.